The van der Waals surface area contributed by atoms with E-state index in [0.29, 0.717) is 0 Å². The molecule has 0 spiro atoms. The van der Waals surface area contributed by atoms with Crippen LogP contribution < -0.4 is 0 Å². The fourth-order valence-corrected chi connectivity index (χ4v) is 7.64. The zero-order chi connectivity index (χ0) is 9.14. The van der Waals surface area contributed by atoms with E-state index in [-0.39, 0.29) is 0 Å². The predicted octanol–water partition coefficient (Wildman–Crippen LogP) is 4.69. The van der Waals surface area contributed by atoms with Gasteiger partial charge in [0.05, 0.1) is 0 Å². The first-order valence-corrected chi connectivity index (χ1v) is 14.5. The molecule has 1 aliphatic carbocycles. The normalized spacial score (nSPS) is 32.2. The van der Waals surface area contributed by atoms with Crippen molar-refractivity contribution in [3.05, 3.63) is 0 Å². The third-order valence-corrected chi connectivity index (χ3v) is 11.2. The molecule has 2 heteroatoms. The van der Waals surface area contributed by atoms with Gasteiger partial charge in [0.1, 0.15) is 0 Å². The van der Waals surface area contributed by atoms with Gasteiger partial charge in [-0.1, -0.05) is 0 Å². The Bertz CT molecular complexity index is 108. The van der Waals surface area contributed by atoms with Gasteiger partial charge in [0.25, 0.3) is 0 Å². The van der Waals surface area contributed by atoms with Crippen molar-refractivity contribution < 1.29 is 0 Å². The van der Waals surface area contributed by atoms with Crippen molar-refractivity contribution in [3.8, 4) is 0 Å². The fraction of sp³-hybridized carbons (Fsp3) is 1.00. The molecule has 1 aliphatic rings. The molecule has 12 heavy (non-hydrogen) atoms. The summed E-state index contributed by atoms with van der Waals surface area (Å²) in [6, 6.07) is 0. The second-order valence-electron chi connectivity index (χ2n) is 4.20. The van der Waals surface area contributed by atoms with Crippen LogP contribution in [-0.4, -0.2) is 8.86 Å². The summed E-state index contributed by atoms with van der Waals surface area (Å²) in [5.41, 5.74) is 0. The molecule has 0 aromatic heterocycles. The second kappa shape index (κ2) is 5.37. The molecule has 0 heterocycles. The molecule has 0 amide bonds. The van der Waals surface area contributed by atoms with Crippen molar-refractivity contribution >= 4 is 34.5 Å². The van der Waals surface area contributed by atoms with Gasteiger partial charge in [0, 0.05) is 0 Å². The van der Waals surface area contributed by atoms with Gasteiger partial charge in [0.2, 0.25) is 0 Å². The Morgan fingerprint density at radius 2 is 1.67 bits per heavy atom. The number of halogens is 2. The van der Waals surface area contributed by atoms with Crippen molar-refractivity contribution in [3.63, 3.8) is 0 Å². The molecule has 0 aromatic carbocycles. The number of hydrogen-bond donors (Lipinski definition) is 0. The summed E-state index contributed by atoms with van der Waals surface area (Å²) in [5, 5.41) is 0. The summed E-state index contributed by atoms with van der Waals surface area (Å²) >= 11 is 2.25. The quantitative estimate of drug-likeness (QED) is 0.471. The van der Waals surface area contributed by atoms with E-state index < -0.39 is 15.8 Å². The van der Waals surface area contributed by atoms with Crippen molar-refractivity contribution in [1.29, 1.82) is 0 Å². The first-order valence-electron chi connectivity index (χ1n) is 4.86. The van der Waals surface area contributed by atoms with Crippen LogP contribution in [0.5, 0.6) is 0 Å². The molecule has 0 bridgehead atoms. The summed E-state index contributed by atoms with van der Waals surface area (Å²) in [6.45, 7) is 4.77. The Labute approximate surface area is 93.8 Å². The fourth-order valence-electron chi connectivity index (χ4n) is 2.05. The van der Waals surface area contributed by atoms with E-state index in [2.05, 4.69) is 37.4 Å². The number of rotatable bonds is 2. The van der Waals surface area contributed by atoms with E-state index in [1.165, 1.54) is 16.8 Å². The van der Waals surface area contributed by atoms with Gasteiger partial charge in [-0.3, -0.25) is 0 Å². The Balaban J connectivity index is 2.30. The molecule has 0 radical (unpaired) electrons. The average Bonchev–Trinajstić information content (AvgIpc) is 2.04. The zero-order valence-electron chi connectivity index (χ0n) is 8.32. The van der Waals surface area contributed by atoms with Crippen molar-refractivity contribution in [2.24, 2.45) is 11.8 Å². The van der Waals surface area contributed by atoms with Crippen LogP contribution in [0.1, 0.15) is 39.5 Å². The van der Waals surface area contributed by atoms with Crippen LogP contribution in [-0.2, 0) is 0 Å². The maximum atomic E-state index is 2.74. The SMILES string of the molecule is CC(C)C1CCC(I(C)I)CC1. The Hall–Kier alpha value is 1.46. The van der Waals surface area contributed by atoms with Crippen molar-refractivity contribution in [2.45, 2.75) is 43.5 Å². The van der Waals surface area contributed by atoms with E-state index in [4.69, 9.17) is 0 Å². The van der Waals surface area contributed by atoms with E-state index in [0.717, 1.165) is 11.8 Å². The molecular weight excluding hydrogens is 374 g/mol. The molecule has 1 rings (SSSR count). The van der Waals surface area contributed by atoms with Crippen LogP contribution in [0.15, 0.2) is 0 Å². The van der Waals surface area contributed by atoms with Gasteiger partial charge < -0.3 is 0 Å². The molecule has 74 valence electrons. The summed E-state index contributed by atoms with van der Waals surface area (Å²) in [6.07, 6.45) is 6.14. The Kier molecular flexibility index (Phi) is 5.16. The van der Waals surface area contributed by atoms with Gasteiger partial charge in [-0.15, -0.1) is 0 Å². The van der Waals surface area contributed by atoms with E-state index in [1.807, 2.05) is 0 Å². The summed E-state index contributed by atoms with van der Waals surface area (Å²) in [4.78, 5) is 2.52. The topological polar surface area (TPSA) is 0 Å². The Morgan fingerprint density at radius 3 is 2.00 bits per heavy atom. The van der Waals surface area contributed by atoms with Gasteiger partial charge in [-0.25, -0.2) is 0 Å². The van der Waals surface area contributed by atoms with Gasteiger partial charge in [-0.05, 0) is 0 Å². The molecule has 0 atom stereocenters. The summed E-state index contributed by atoms with van der Waals surface area (Å²) in [7, 11) is 0. The van der Waals surface area contributed by atoms with E-state index >= 15 is 0 Å². The average molecular weight is 394 g/mol. The Morgan fingerprint density at radius 1 is 1.17 bits per heavy atom. The minimum absolute atomic E-state index is 0.497. The third-order valence-electron chi connectivity index (χ3n) is 3.07. The molecule has 0 nitrogen and oxygen atoms in total. The molecule has 0 N–H and O–H groups in total. The number of alkyl halides is 2. The first kappa shape index (κ1) is 11.5. The van der Waals surface area contributed by atoms with Crippen LogP contribution in [0.4, 0.5) is 0 Å². The second-order valence-corrected chi connectivity index (χ2v) is 17.1. The maximum absolute atomic E-state index is 2.74. The van der Waals surface area contributed by atoms with Gasteiger partial charge >= 0.3 is 94.7 Å². The van der Waals surface area contributed by atoms with Crippen LogP contribution in [0.2, 0.25) is 0 Å². The third kappa shape index (κ3) is 3.31. The monoisotopic (exact) mass is 394 g/mol. The molecule has 0 aromatic rings. The molecule has 1 fully saturated rings. The van der Waals surface area contributed by atoms with Gasteiger partial charge in [-0.2, -0.15) is 0 Å². The summed E-state index contributed by atoms with van der Waals surface area (Å²) in [5.74, 6) is 1.98. The first-order chi connectivity index (χ1) is 5.61. The van der Waals surface area contributed by atoms with Crippen LogP contribution in [0.3, 0.4) is 0 Å². The van der Waals surface area contributed by atoms with Crippen molar-refractivity contribution in [1.82, 2.24) is 0 Å². The van der Waals surface area contributed by atoms with E-state index in [1.54, 1.807) is 12.8 Å². The molecule has 0 aliphatic heterocycles. The molecular formula is C10H20I2. The molecule has 0 unspecified atom stereocenters. The van der Waals surface area contributed by atoms with E-state index in [9.17, 15) is 0 Å². The minimum atomic E-state index is -0.497. The standard InChI is InChI=1S/C10H20I2/c1-8(2)9-4-6-10(7-5-9)12(3)11/h8-10H,4-7H2,1-3H3. The predicted molar refractivity (Wildman–Crippen MR) is 74.5 cm³/mol. The molecule has 1 saturated carbocycles. The van der Waals surface area contributed by atoms with Crippen LogP contribution in [0, 0.1) is 11.8 Å². The zero-order valence-corrected chi connectivity index (χ0v) is 12.6. The summed E-state index contributed by atoms with van der Waals surface area (Å²) < 4.78 is 1.17. The van der Waals surface area contributed by atoms with Crippen LogP contribution >= 0.6 is 34.5 Å². The van der Waals surface area contributed by atoms with Crippen molar-refractivity contribution in [2.75, 3.05) is 4.93 Å². The number of hydrogen-bond acceptors (Lipinski definition) is 0. The van der Waals surface area contributed by atoms with Crippen LogP contribution in [0.25, 0.3) is 0 Å². The van der Waals surface area contributed by atoms with Gasteiger partial charge in [0.15, 0.2) is 0 Å². The molecule has 0 saturated heterocycles.